The number of alkyl halides is 1. The largest absolute Gasteiger partial charge is 0.312 e. The van der Waals surface area contributed by atoms with Crippen LogP contribution in [-0.2, 0) is 13.1 Å². The monoisotopic (exact) mass is 213 g/mol. The molecule has 0 saturated carbocycles. The third kappa shape index (κ3) is 4.93. The molecule has 0 radical (unpaired) electrons. The van der Waals surface area contributed by atoms with Crippen LogP contribution in [0.3, 0.4) is 0 Å². The molecule has 86 valence electrons. The molecule has 1 aromatic heterocycles. The van der Waals surface area contributed by atoms with E-state index in [-0.39, 0.29) is 6.67 Å². The second-order valence-electron chi connectivity index (χ2n) is 4.18. The van der Waals surface area contributed by atoms with Crippen LogP contribution >= 0.6 is 0 Å². The standard InChI is InChI=1S/C11H20FN3/c1-10(2)6-13-7-11-8-14-15(9-11)5-3-4-12/h8-10,13H,3-7H2,1-2H3. The number of rotatable bonds is 7. The lowest BCUT2D eigenvalue weighted by atomic mass is 10.2. The van der Waals surface area contributed by atoms with Gasteiger partial charge in [0.1, 0.15) is 0 Å². The summed E-state index contributed by atoms with van der Waals surface area (Å²) in [6, 6.07) is 0. The zero-order valence-corrected chi connectivity index (χ0v) is 9.54. The number of hydrogen-bond donors (Lipinski definition) is 1. The average molecular weight is 213 g/mol. The molecule has 1 rings (SSSR count). The van der Waals surface area contributed by atoms with Crippen molar-refractivity contribution in [2.45, 2.75) is 33.4 Å². The lowest BCUT2D eigenvalue weighted by Crippen LogP contribution is -2.18. The van der Waals surface area contributed by atoms with E-state index in [0.29, 0.717) is 18.9 Å². The molecule has 0 aliphatic carbocycles. The van der Waals surface area contributed by atoms with Crippen molar-refractivity contribution in [1.29, 1.82) is 0 Å². The predicted octanol–water partition coefficient (Wildman–Crippen LogP) is 1.99. The Morgan fingerprint density at radius 2 is 2.33 bits per heavy atom. The summed E-state index contributed by atoms with van der Waals surface area (Å²) in [5, 5.41) is 7.50. The van der Waals surface area contributed by atoms with Crippen molar-refractivity contribution in [2.24, 2.45) is 5.92 Å². The summed E-state index contributed by atoms with van der Waals surface area (Å²) in [5.74, 6) is 0.659. The van der Waals surface area contributed by atoms with Gasteiger partial charge in [0.05, 0.1) is 12.9 Å². The van der Waals surface area contributed by atoms with Crippen LogP contribution in [0.2, 0.25) is 0 Å². The number of halogens is 1. The zero-order valence-electron chi connectivity index (χ0n) is 9.54. The van der Waals surface area contributed by atoms with Crippen molar-refractivity contribution >= 4 is 0 Å². The molecule has 4 heteroatoms. The molecule has 0 bridgehead atoms. The van der Waals surface area contributed by atoms with Gasteiger partial charge in [-0.05, 0) is 18.9 Å². The Kier molecular flexibility index (Phi) is 5.32. The van der Waals surface area contributed by atoms with Crippen LogP contribution in [0.5, 0.6) is 0 Å². The second kappa shape index (κ2) is 6.56. The van der Waals surface area contributed by atoms with E-state index >= 15 is 0 Å². The Morgan fingerprint density at radius 1 is 1.53 bits per heavy atom. The van der Waals surface area contributed by atoms with E-state index < -0.39 is 0 Å². The third-order valence-electron chi connectivity index (χ3n) is 2.09. The predicted molar refractivity (Wildman–Crippen MR) is 59.4 cm³/mol. The first kappa shape index (κ1) is 12.2. The lowest BCUT2D eigenvalue weighted by molar-refractivity contribution is 0.434. The highest BCUT2D eigenvalue weighted by atomic mass is 19.1. The molecule has 15 heavy (non-hydrogen) atoms. The molecule has 0 aromatic carbocycles. The fraction of sp³-hybridized carbons (Fsp3) is 0.727. The normalized spacial score (nSPS) is 11.2. The Bertz CT molecular complexity index is 271. The quantitative estimate of drug-likeness (QED) is 0.750. The van der Waals surface area contributed by atoms with E-state index in [4.69, 9.17) is 0 Å². The van der Waals surface area contributed by atoms with Gasteiger partial charge >= 0.3 is 0 Å². The smallest absolute Gasteiger partial charge is 0.0912 e. The summed E-state index contributed by atoms with van der Waals surface area (Å²) in [6.07, 6.45) is 4.36. The van der Waals surface area contributed by atoms with E-state index in [9.17, 15) is 4.39 Å². The Balaban J connectivity index is 2.26. The first-order chi connectivity index (χ1) is 7.22. The minimum absolute atomic E-state index is 0.277. The summed E-state index contributed by atoms with van der Waals surface area (Å²) >= 11 is 0. The van der Waals surface area contributed by atoms with Crippen molar-refractivity contribution in [1.82, 2.24) is 15.1 Å². The van der Waals surface area contributed by atoms with Crippen molar-refractivity contribution in [3.8, 4) is 0 Å². The molecular weight excluding hydrogens is 193 g/mol. The molecule has 1 aromatic rings. The Hall–Kier alpha value is -0.900. The van der Waals surface area contributed by atoms with Gasteiger partial charge in [-0.25, -0.2) is 0 Å². The van der Waals surface area contributed by atoms with Crippen LogP contribution in [0, 0.1) is 5.92 Å². The maximum atomic E-state index is 11.9. The first-order valence-electron chi connectivity index (χ1n) is 5.50. The van der Waals surface area contributed by atoms with Crippen LogP contribution < -0.4 is 5.32 Å². The minimum atomic E-state index is -0.277. The maximum absolute atomic E-state index is 11.9. The molecule has 0 aliphatic rings. The molecule has 0 unspecified atom stereocenters. The maximum Gasteiger partial charge on any atom is 0.0912 e. The SMILES string of the molecule is CC(C)CNCc1cnn(CCCF)c1. The van der Waals surface area contributed by atoms with E-state index in [0.717, 1.165) is 18.7 Å². The van der Waals surface area contributed by atoms with Crippen LogP contribution in [0.15, 0.2) is 12.4 Å². The fourth-order valence-electron chi connectivity index (χ4n) is 1.35. The topological polar surface area (TPSA) is 29.9 Å². The number of aromatic nitrogens is 2. The summed E-state index contributed by atoms with van der Waals surface area (Å²) < 4.78 is 13.7. The Morgan fingerprint density at radius 3 is 3.00 bits per heavy atom. The van der Waals surface area contributed by atoms with E-state index in [1.54, 1.807) is 4.68 Å². The molecule has 1 heterocycles. The van der Waals surface area contributed by atoms with Gasteiger partial charge in [-0.1, -0.05) is 13.8 Å². The summed E-state index contributed by atoms with van der Waals surface area (Å²) in [7, 11) is 0. The van der Waals surface area contributed by atoms with Gasteiger partial charge < -0.3 is 5.32 Å². The number of nitrogens with zero attached hydrogens (tertiary/aromatic N) is 2. The number of hydrogen-bond acceptors (Lipinski definition) is 2. The van der Waals surface area contributed by atoms with Crippen LogP contribution in [0.25, 0.3) is 0 Å². The Labute approximate surface area is 90.7 Å². The molecule has 0 atom stereocenters. The van der Waals surface area contributed by atoms with E-state index in [2.05, 4.69) is 24.3 Å². The average Bonchev–Trinajstić information content (AvgIpc) is 2.62. The second-order valence-corrected chi connectivity index (χ2v) is 4.18. The first-order valence-corrected chi connectivity index (χ1v) is 5.50. The fourth-order valence-corrected chi connectivity index (χ4v) is 1.35. The highest BCUT2D eigenvalue weighted by Gasteiger charge is 1.99. The highest BCUT2D eigenvalue weighted by molar-refractivity contribution is 5.03. The van der Waals surface area contributed by atoms with Gasteiger partial charge in [0.15, 0.2) is 0 Å². The van der Waals surface area contributed by atoms with Gasteiger partial charge in [0.25, 0.3) is 0 Å². The van der Waals surface area contributed by atoms with Crippen molar-refractivity contribution in [3.05, 3.63) is 18.0 Å². The number of nitrogens with one attached hydrogen (secondary N) is 1. The molecule has 0 saturated heterocycles. The molecule has 0 amide bonds. The van der Waals surface area contributed by atoms with E-state index in [1.807, 2.05) is 12.4 Å². The van der Waals surface area contributed by atoms with Crippen LogP contribution in [-0.4, -0.2) is 23.0 Å². The van der Waals surface area contributed by atoms with Crippen LogP contribution in [0.4, 0.5) is 4.39 Å². The van der Waals surface area contributed by atoms with Gasteiger partial charge in [-0.2, -0.15) is 5.10 Å². The summed E-state index contributed by atoms with van der Waals surface area (Å²) in [6.45, 7) is 6.60. The van der Waals surface area contributed by atoms with E-state index in [1.165, 1.54) is 0 Å². The molecule has 3 nitrogen and oxygen atoms in total. The molecule has 0 fully saturated rings. The highest BCUT2D eigenvalue weighted by Crippen LogP contribution is 1.99. The van der Waals surface area contributed by atoms with Crippen molar-refractivity contribution in [2.75, 3.05) is 13.2 Å². The summed E-state index contributed by atoms with van der Waals surface area (Å²) in [4.78, 5) is 0. The molecule has 1 N–H and O–H groups in total. The van der Waals surface area contributed by atoms with Crippen LogP contribution in [0.1, 0.15) is 25.8 Å². The number of aryl methyl sites for hydroxylation is 1. The van der Waals surface area contributed by atoms with Gasteiger partial charge in [-0.3, -0.25) is 9.07 Å². The lowest BCUT2D eigenvalue weighted by Gasteiger charge is -2.05. The van der Waals surface area contributed by atoms with Gasteiger partial charge in [0.2, 0.25) is 0 Å². The van der Waals surface area contributed by atoms with Gasteiger partial charge in [0, 0.05) is 24.8 Å². The zero-order chi connectivity index (χ0) is 11.1. The molecule has 0 spiro atoms. The van der Waals surface area contributed by atoms with Gasteiger partial charge in [-0.15, -0.1) is 0 Å². The molecular formula is C11H20FN3. The minimum Gasteiger partial charge on any atom is -0.312 e. The van der Waals surface area contributed by atoms with Crippen molar-refractivity contribution < 1.29 is 4.39 Å². The molecule has 0 aliphatic heterocycles. The summed E-state index contributed by atoms with van der Waals surface area (Å²) in [5.41, 5.74) is 1.16. The van der Waals surface area contributed by atoms with Crippen molar-refractivity contribution in [3.63, 3.8) is 0 Å². The third-order valence-corrected chi connectivity index (χ3v) is 2.09.